The molecule has 25 heavy (non-hydrogen) atoms. The summed E-state index contributed by atoms with van der Waals surface area (Å²) in [6.45, 7) is 4.07. The maximum absolute atomic E-state index is 12.5. The van der Waals surface area contributed by atoms with Crippen LogP contribution in [0.15, 0.2) is 30.3 Å². The number of hydrogen-bond donors (Lipinski definition) is 3. The average Bonchev–Trinajstić information content (AvgIpc) is 2.61. The van der Waals surface area contributed by atoms with E-state index in [1.165, 1.54) is 13.8 Å². The van der Waals surface area contributed by atoms with Crippen LogP contribution in [0.5, 0.6) is 0 Å². The number of carbonyl (C=O) groups is 3. The molecule has 1 aromatic rings. The molecule has 0 aromatic heterocycles. The number of ether oxygens (including phenoxy) is 1. The number of rotatable bonds is 9. The van der Waals surface area contributed by atoms with Crippen molar-refractivity contribution in [2.24, 2.45) is 11.3 Å². The second-order valence-electron chi connectivity index (χ2n) is 6.33. The maximum Gasteiger partial charge on any atom is 0.318 e. The zero-order chi connectivity index (χ0) is 19.0. The number of aliphatic hydroxyl groups is 2. The van der Waals surface area contributed by atoms with Gasteiger partial charge in [0.05, 0.1) is 13.2 Å². The van der Waals surface area contributed by atoms with Gasteiger partial charge in [0.2, 0.25) is 5.91 Å². The Balaban J connectivity index is 2.87. The van der Waals surface area contributed by atoms with Crippen molar-refractivity contribution in [1.82, 2.24) is 5.32 Å². The van der Waals surface area contributed by atoms with E-state index in [1.54, 1.807) is 37.3 Å². The van der Waals surface area contributed by atoms with E-state index in [4.69, 9.17) is 4.74 Å². The van der Waals surface area contributed by atoms with Crippen molar-refractivity contribution in [1.29, 1.82) is 0 Å². The highest BCUT2D eigenvalue weighted by atomic mass is 16.5. The Morgan fingerprint density at radius 3 is 2.32 bits per heavy atom. The van der Waals surface area contributed by atoms with E-state index in [2.05, 4.69) is 5.32 Å². The predicted molar refractivity (Wildman–Crippen MR) is 90.8 cm³/mol. The lowest BCUT2D eigenvalue weighted by Crippen LogP contribution is -2.48. The third kappa shape index (κ3) is 5.65. The van der Waals surface area contributed by atoms with Gasteiger partial charge in [-0.2, -0.15) is 0 Å². The van der Waals surface area contributed by atoms with Gasteiger partial charge in [-0.25, -0.2) is 0 Å². The number of nitrogens with one attached hydrogen (secondary N) is 1. The van der Waals surface area contributed by atoms with Gasteiger partial charge in [0, 0.05) is 17.5 Å². The molecule has 0 aliphatic heterocycles. The Morgan fingerprint density at radius 1 is 1.20 bits per heavy atom. The summed E-state index contributed by atoms with van der Waals surface area (Å²) in [5.74, 6) is -3.20. The van der Waals surface area contributed by atoms with Crippen LogP contribution in [0.1, 0.15) is 31.1 Å². The molecular weight excluding hydrogens is 326 g/mol. The first kappa shape index (κ1) is 20.8. The zero-order valence-electron chi connectivity index (χ0n) is 14.7. The summed E-state index contributed by atoms with van der Waals surface area (Å²) in [5.41, 5.74) is -0.724. The van der Waals surface area contributed by atoms with Crippen LogP contribution in [0.3, 0.4) is 0 Å². The summed E-state index contributed by atoms with van der Waals surface area (Å²) in [5, 5.41) is 21.6. The SMILES string of the molecule is CCOC(=O)C(CNC(=O)[C@H](O)C(C)(C)CO)C(=O)c1ccccc1. The topological polar surface area (TPSA) is 113 Å². The highest BCUT2D eigenvalue weighted by molar-refractivity contribution is 6.09. The third-order valence-corrected chi connectivity index (χ3v) is 3.82. The molecule has 1 aromatic carbocycles. The van der Waals surface area contributed by atoms with Crippen LogP contribution in [-0.2, 0) is 14.3 Å². The molecule has 7 nitrogen and oxygen atoms in total. The fourth-order valence-corrected chi connectivity index (χ4v) is 2.07. The number of aliphatic hydroxyl groups excluding tert-OH is 2. The first-order valence-electron chi connectivity index (χ1n) is 8.07. The van der Waals surface area contributed by atoms with Gasteiger partial charge in [-0.1, -0.05) is 44.2 Å². The number of benzene rings is 1. The maximum atomic E-state index is 12.5. The van der Waals surface area contributed by atoms with Crippen molar-refractivity contribution in [3.8, 4) is 0 Å². The van der Waals surface area contributed by atoms with Gasteiger partial charge >= 0.3 is 5.97 Å². The molecule has 0 saturated heterocycles. The minimum absolute atomic E-state index is 0.103. The van der Waals surface area contributed by atoms with Crippen molar-refractivity contribution in [3.63, 3.8) is 0 Å². The molecule has 0 saturated carbocycles. The quantitative estimate of drug-likeness (QED) is 0.340. The molecule has 138 valence electrons. The lowest BCUT2D eigenvalue weighted by atomic mass is 9.87. The molecule has 0 heterocycles. The lowest BCUT2D eigenvalue weighted by Gasteiger charge is -2.27. The van der Waals surface area contributed by atoms with Gasteiger partial charge in [-0.05, 0) is 6.92 Å². The Hall–Kier alpha value is -2.25. The van der Waals surface area contributed by atoms with E-state index < -0.39 is 41.7 Å². The van der Waals surface area contributed by atoms with Crippen molar-refractivity contribution < 1.29 is 29.3 Å². The fourth-order valence-electron chi connectivity index (χ4n) is 2.07. The van der Waals surface area contributed by atoms with E-state index >= 15 is 0 Å². The van der Waals surface area contributed by atoms with E-state index in [9.17, 15) is 24.6 Å². The lowest BCUT2D eigenvalue weighted by molar-refractivity contribution is -0.146. The molecule has 0 radical (unpaired) electrons. The Kier molecular flexibility index (Phi) is 7.73. The largest absolute Gasteiger partial charge is 0.465 e. The van der Waals surface area contributed by atoms with Crippen LogP contribution in [0.25, 0.3) is 0 Å². The zero-order valence-corrected chi connectivity index (χ0v) is 14.7. The summed E-state index contributed by atoms with van der Waals surface area (Å²) < 4.78 is 4.91. The van der Waals surface area contributed by atoms with Crippen molar-refractivity contribution in [2.45, 2.75) is 26.9 Å². The summed E-state index contributed by atoms with van der Waals surface area (Å²) in [7, 11) is 0. The minimum atomic E-state index is -1.48. The van der Waals surface area contributed by atoms with Crippen molar-refractivity contribution >= 4 is 17.7 Å². The monoisotopic (exact) mass is 351 g/mol. The Bertz CT molecular complexity index is 599. The van der Waals surface area contributed by atoms with Gasteiger partial charge in [0.1, 0.15) is 12.0 Å². The molecule has 0 aliphatic carbocycles. The van der Waals surface area contributed by atoms with Crippen LogP contribution in [-0.4, -0.2) is 53.7 Å². The van der Waals surface area contributed by atoms with E-state index in [1.807, 2.05) is 0 Å². The second kappa shape index (κ2) is 9.29. The number of Topliss-reactive ketones (excluding diaryl/α,β-unsaturated/α-hetero) is 1. The van der Waals surface area contributed by atoms with Crippen molar-refractivity contribution in [2.75, 3.05) is 19.8 Å². The van der Waals surface area contributed by atoms with Crippen LogP contribution < -0.4 is 5.32 Å². The van der Waals surface area contributed by atoms with Crippen LogP contribution >= 0.6 is 0 Å². The highest BCUT2D eigenvalue weighted by Gasteiger charge is 2.35. The molecule has 0 bridgehead atoms. The fraction of sp³-hybridized carbons (Fsp3) is 0.500. The number of ketones is 1. The predicted octanol–water partition coefficient (Wildman–Crippen LogP) is 0.544. The van der Waals surface area contributed by atoms with Gasteiger partial charge in [0.25, 0.3) is 0 Å². The number of esters is 1. The molecular formula is C18H25NO6. The Morgan fingerprint density at radius 2 is 1.80 bits per heavy atom. The molecule has 0 spiro atoms. The van der Waals surface area contributed by atoms with Crippen molar-refractivity contribution in [3.05, 3.63) is 35.9 Å². The first-order valence-corrected chi connectivity index (χ1v) is 8.07. The normalized spacial score (nSPS) is 13.6. The van der Waals surface area contributed by atoms with Gasteiger partial charge in [0.15, 0.2) is 5.78 Å². The third-order valence-electron chi connectivity index (χ3n) is 3.82. The van der Waals surface area contributed by atoms with E-state index in [0.29, 0.717) is 5.56 Å². The number of carbonyl (C=O) groups excluding carboxylic acids is 3. The molecule has 1 unspecified atom stereocenters. The molecule has 1 amide bonds. The molecule has 0 fully saturated rings. The summed E-state index contributed by atoms with van der Waals surface area (Å²) >= 11 is 0. The highest BCUT2D eigenvalue weighted by Crippen LogP contribution is 2.19. The Labute approximate surface area is 147 Å². The van der Waals surface area contributed by atoms with Crippen LogP contribution in [0.2, 0.25) is 0 Å². The smallest absolute Gasteiger partial charge is 0.318 e. The summed E-state index contributed by atoms with van der Waals surface area (Å²) in [6, 6.07) is 8.22. The van der Waals surface area contributed by atoms with Gasteiger partial charge in [-0.3, -0.25) is 14.4 Å². The van der Waals surface area contributed by atoms with E-state index in [-0.39, 0.29) is 13.2 Å². The van der Waals surface area contributed by atoms with Gasteiger partial charge < -0.3 is 20.3 Å². The second-order valence-corrected chi connectivity index (χ2v) is 6.33. The van der Waals surface area contributed by atoms with Crippen LogP contribution in [0, 0.1) is 11.3 Å². The molecule has 0 aliphatic rings. The number of hydrogen-bond acceptors (Lipinski definition) is 6. The molecule has 7 heteroatoms. The standard InChI is InChI=1S/C18H25NO6/c1-4-25-17(24)13(14(21)12-8-6-5-7-9-12)10-19-16(23)15(22)18(2,3)11-20/h5-9,13,15,20,22H,4,10-11H2,1-3H3,(H,19,23)/t13?,15-/m0/s1. The number of amides is 1. The minimum Gasteiger partial charge on any atom is -0.465 e. The van der Waals surface area contributed by atoms with E-state index in [0.717, 1.165) is 0 Å². The molecule has 1 rings (SSSR count). The van der Waals surface area contributed by atoms with Gasteiger partial charge in [-0.15, -0.1) is 0 Å². The summed E-state index contributed by atoms with van der Waals surface area (Å²) in [4.78, 5) is 36.7. The first-order chi connectivity index (χ1) is 11.7. The summed E-state index contributed by atoms with van der Waals surface area (Å²) in [6.07, 6.45) is -1.48. The molecule has 3 N–H and O–H groups in total. The molecule has 2 atom stereocenters. The van der Waals surface area contributed by atoms with Crippen LogP contribution in [0.4, 0.5) is 0 Å². The average molecular weight is 351 g/mol.